The van der Waals surface area contributed by atoms with Crippen molar-refractivity contribution in [1.82, 2.24) is 5.32 Å². The predicted octanol–water partition coefficient (Wildman–Crippen LogP) is 3.39. The van der Waals surface area contributed by atoms with Gasteiger partial charge in [0.25, 0.3) is 5.91 Å². The summed E-state index contributed by atoms with van der Waals surface area (Å²) in [7, 11) is 0. The Bertz CT molecular complexity index is 639. The molecule has 0 saturated carbocycles. The lowest BCUT2D eigenvalue weighted by Crippen LogP contribution is -2.40. The van der Waals surface area contributed by atoms with Crippen molar-refractivity contribution < 1.29 is 4.79 Å². The van der Waals surface area contributed by atoms with E-state index in [0.717, 1.165) is 24.1 Å². The van der Waals surface area contributed by atoms with E-state index in [9.17, 15) is 4.79 Å². The highest BCUT2D eigenvalue weighted by Gasteiger charge is 2.25. The minimum Gasteiger partial charge on any atom is -0.367 e. The van der Waals surface area contributed by atoms with Crippen LogP contribution < -0.4 is 10.2 Å². The van der Waals surface area contributed by atoms with Crippen LogP contribution in [0.5, 0.6) is 0 Å². The number of para-hydroxylation sites is 1. The first kappa shape index (κ1) is 14.6. The molecule has 3 heteroatoms. The molecule has 2 aromatic rings. The van der Waals surface area contributed by atoms with Gasteiger partial charge in [0.15, 0.2) is 0 Å². The van der Waals surface area contributed by atoms with Gasteiger partial charge in [-0.3, -0.25) is 4.79 Å². The number of carbonyl (C=O) groups is 1. The van der Waals surface area contributed by atoms with Crippen LogP contribution in [0.4, 0.5) is 5.69 Å². The largest absolute Gasteiger partial charge is 0.367 e. The Labute approximate surface area is 132 Å². The third-order valence-electron chi connectivity index (χ3n) is 4.35. The molecule has 0 aromatic heterocycles. The summed E-state index contributed by atoms with van der Waals surface area (Å²) < 4.78 is 0. The van der Waals surface area contributed by atoms with Crippen molar-refractivity contribution in [2.75, 3.05) is 18.0 Å². The van der Waals surface area contributed by atoms with Crippen LogP contribution in [0.15, 0.2) is 54.6 Å². The number of amides is 1. The lowest BCUT2D eigenvalue weighted by Gasteiger charge is -2.27. The van der Waals surface area contributed by atoms with E-state index in [2.05, 4.69) is 34.5 Å². The first-order valence-electron chi connectivity index (χ1n) is 7.91. The van der Waals surface area contributed by atoms with Crippen molar-refractivity contribution in [1.29, 1.82) is 0 Å². The van der Waals surface area contributed by atoms with E-state index in [4.69, 9.17) is 0 Å². The second-order valence-electron chi connectivity index (χ2n) is 5.85. The van der Waals surface area contributed by atoms with Crippen LogP contribution in [-0.4, -0.2) is 25.0 Å². The Kier molecular flexibility index (Phi) is 4.42. The number of aryl methyl sites for hydroxylation is 1. The zero-order valence-corrected chi connectivity index (χ0v) is 13.0. The fourth-order valence-electron chi connectivity index (χ4n) is 3.14. The summed E-state index contributed by atoms with van der Waals surface area (Å²) in [4.78, 5) is 14.7. The molecule has 1 saturated heterocycles. The van der Waals surface area contributed by atoms with E-state index in [0.29, 0.717) is 12.6 Å². The highest BCUT2D eigenvalue weighted by molar-refractivity contribution is 5.95. The number of nitrogens with zero attached hydrogens (tertiary/aromatic N) is 1. The minimum absolute atomic E-state index is 0.0259. The average molecular weight is 294 g/mol. The molecule has 1 atom stereocenters. The summed E-state index contributed by atoms with van der Waals surface area (Å²) in [6.07, 6.45) is 2.31. The summed E-state index contributed by atoms with van der Waals surface area (Å²) in [5.74, 6) is 0.0259. The molecule has 1 fully saturated rings. The molecule has 114 valence electrons. The summed E-state index contributed by atoms with van der Waals surface area (Å²) in [6, 6.07) is 18.6. The second-order valence-corrected chi connectivity index (χ2v) is 5.85. The number of rotatable bonds is 4. The Morgan fingerprint density at radius 1 is 1.14 bits per heavy atom. The minimum atomic E-state index is 0.0259. The molecule has 0 spiro atoms. The summed E-state index contributed by atoms with van der Waals surface area (Å²) in [5, 5.41) is 3.10. The Balaban J connectivity index is 1.64. The van der Waals surface area contributed by atoms with Crippen molar-refractivity contribution in [2.24, 2.45) is 0 Å². The van der Waals surface area contributed by atoms with Crippen LogP contribution in [0.1, 0.15) is 28.8 Å². The molecule has 1 N–H and O–H groups in total. The van der Waals surface area contributed by atoms with Gasteiger partial charge < -0.3 is 10.2 Å². The van der Waals surface area contributed by atoms with Crippen molar-refractivity contribution >= 4 is 11.6 Å². The zero-order chi connectivity index (χ0) is 15.4. The number of carbonyl (C=O) groups excluding carboxylic acids is 1. The van der Waals surface area contributed by atoms with Crippen LogP contribution in [-0.2, 0) is 0 Å². The van der Waals surface area contributed by atoms with Crippen molar-refractivity contribution in [3.8, 4) is 0 Å². The third-order valence-corrected chi connectivity index (χ3v) is 4.35. The lowest BCUT2D eigenvalue weighted by atomic mass is 10.1. The fraction of sp³-hybridized carbons (Fsp3) is 0.316. The van der Waals surface area contributed by atoms with E-state index in [1.54, 1.807) is 0 Å². The molecule has 3 nitrogen and oxygen atoms in total. The highest BCUT2D eigenvalue weighted by Crippen LogP contribution is 2.24. The molecule has 3 rings (SSSR count). The molecule has 0 radical (unpaired) electrons. The van der Waals surface area contributed by atoms with Crippen LogP contribution in [0, 0.1) is 6.92 Å². The highest BCUT2D eigenvalue weighted by atomic mass is 16.1. The topological polar surface area (TPSA) is 32.3 Å². The number of benzene rings is 2. The summed E-state index contributed by atoms with van der Waals surface area (Å²) >= 11 is 0. The second kappa shape index (κ2) is 6.65. The van der Waals surface area contributed by atoms with Gasteiger partial charge in [-0.25, -0.2) is 0 Å². The molecule has 22 heavy (non-hydrogen) atoms. The number of hydrogen-bond acceptors (Lipinski definition) is 2. The third kappa shape index (κ3) is 3.14. The average Bonchev–Trinajstić information content (AvgIpc) is 3.02. The normalized spacial score (nSPS) is 17.5. The van der Waals surface area contributed by atoms with Gasteiger partial charge in [0.2, 0.25) is 0 Å². The van der Waals surface area contributed by atoms with Crippen LogP contribution in [0.3, 0.4) is 0 Å². The number of anilines is 1. The van der Waals surface area contributed by atoms with Crippen LogP contribution in [0.2, 0.25) is 0 Å². The van der Waals surface area contributed by atoms with Gasteiger partial charge in [0, 0.05) is 30.4 Å². The molecule has 2 aromatic carbocycles. The molecule has 0 unspecified atom stereocenters. The van der Waals surface area contributed by atoms with Crippen LogP contribution >= 0.6 is 0 Å². The van der Waals surface area contributed by atoms with E-state index >= 15 is 0 Å². The van der Waals surface area contributed by atoms with Crippen LogP contribution in [0.25, 0.3) is 0 Å². The quantitative estimate of drug-likeness (QED) is 0.937. The molecule has 1 amide bonds. The maximum Gasteiger partial charge on any atom is 0.251 e. The van der Waals surface area contributed by atoms with Gasteiger partial charge in [-0.2, -0.15) is 0 Å². The van der Waals surface area contributed by atoms with Crippen molar-refractivity contribution in [2.45, 2.75) is 25.8 Å². The Hall–Kier alpha value is -2.29. The molecular formula is C19H22N2O. The van der Waals surface area contributed by atoms with Gasteiger partial charge in [-0.15, -0.1) is 0 Å². The first-order chi connectivity index (χ1) is 10.8. The molecule has 1 aliphatic rings. The fourth-order valence-corrected chi connectivity index (χ4v) is 3.14. The molecular weight excluding hydrogens is 272 g/mol. The summed E-state index contributed by atoms with van der Waals surface area (Å²) in [5.41, 5.74) is 3.04. The number of nitrogens with one attached hydrogen (secondary N) is 1. The molecule has 1 aliphatic heterocycles. The lowest BCUT2D eigenvalue weighted by molar-refractivity contribution is 0.0950. The first-order valence-corrected chi connectivity index (χ1v) is 7.91. The van der Waals surface area contributed by atoms with Gasteiger partial charge in [0.05, 0.1) is 0 Å². The maximum absolute atomic E-state index is 12.3. The van der Waals surface area contributed by atoms with Crippen molar-refractivity contribution in [3.05, 3.63) is 65.7 Å². The number of hydrogen-bond donors (Lipinski definition) is 1. The van der Waals surface area contributed by atoms with Gasteiger partial charge in [-0.1, -0.05) is 36.4 Å². The SMILES string of the molecule is Cc1ccccc1C(=O)NC[C@H]1CCCN1c1ccccc1. The van der Waals surface area contributed by atoms with E-state index in [1.807, 2.05) is 37.3 Å². The van der Waals surface area contributed by atoms with E-state index in [1.165, 1.54) is 12.1 Å². The maximum atomic E-state index is 12.3. The molecule has 0 aliphatic carbocycles. The van der Waals surface area contributed by atoms with Crippen molar-refractivity contribution in [3.63, 3.8) is 0 Å². The van der Waals surface area contributed by atoms with Gasteiger partial charge in [0.1, 0.15) is 0 Å². The Morgan fingerprint density at radius 2 is 1.86 bits per heavy atom. The summed E-state index contributed by atoms with van der Waals surface area (Å²) in [6.45, 7) is 3.73. The molecule has 1 heterocycles. The molecule has 0 bridgehead atoms. The predicted molar refractivity (Wildman–Crippen MR) is 90.3 cm³/mol. The monoisotopic (exact) mass is 294 g/mol. The van der Waals surface area contributed by atoms with E-state index in [-0.39, 0.29) is 5.91 Å². The smallest absolute Gasteiger partial charge is 0.251 e. The van der Waals surface area contributed by atoms with Gasteiger partial charge in [-0.05, 0) is 43.5 Å². The van der Waals surface area contributed by atoms with Gasteiger partial charge >= 0.3 is 0 Å². The zero-order valence-electron chi connectivity index (χ0n) is 13.0. The standard InChI is InChI=1S/C19H22N2O/c1-15-8-5-6-12-18(15)19(22)20-14-17-11-7-13-21(17)16-9-3-2-4-10-16/h2-6,8-10,12,17H,7,11,13-14H2,1H3,(H,20,22)/t17-/m1/s1. The van der Waals surface area contributed by atoms with E-state index < -0.39 is 0 Å². The Morgan fingerprint density at radius 3 is 2.64 bits per heavy atom.